The molecule has 2 aromatic rings. The number of nitrogens with one attached hydrogen (secondary N) is 1. The number of carbonyl (C=O) groups excluding carboxylic acids is 1. The number of nitrogens with zero attached hydrogens (tertiary/aromatic N) is 4. The van der Waals surface area contributed by atoms with Crippen LogP contribution in [0.4, 0.5) is 11.5 Å². The van der Waals surface area contributed by atoms with Crippen LogP contribution >= 0.6 is 0 Å². The fourth-order valence-corrected chi connectivity index (χ4v) is 3.27. The zero-order valence-corrected chi connectivity index (χ0v) is 14.0. The molecule has 24 heavy (non-hydrogen) atoms. The lowest BCUT2D eigenvalue weighted by Crippen LogP contribution is -2.34. The molecule has 1 aliphatic rings. The van der Waals surface area contributed by atoms with Gasteiger partial charge in [0.15, 0.2) is 5.69 Å². The van der Waals surface area contributed by atoms with E-state index in [1.54, 1.807) is 0 Å². The predicted octanol–water partition coefficient (Wildman–Crippen LogP) is 2.49. The van der Waals surface area contributed by atoms with Crippen molar-refractivity contribution in [3.05, 3.63) is 46.9 Å². The molecule has 0 unspecified atom stereocenters. The average molecular weight is 321 g/mol. The lowest BCUT2D eigenvalue weighted by Gasteiger charge is -2.22. The summed E-state index contributed by atoms with van der Waals surface area (Å²) in [5.41, 5.74) is 4.67. The third kappa shape index (κ3) is 2.93. The normalized spacial score (nSPS) is 17.0. The second kappa shape index (κ2) is 6.28. The molecule has 1 fully saturated rings. The molecule has 0 aliphatic carbocycles. The van der Waals surface area contributed by atoms with E-state index in [4.69, 9.17) is 5.26 Å². The van der Waals surface area contributed by atoms with Crippen molar-refractivity contribution in [1.29, 1.82) is 5.26 Å². The summed E-state index contributed by atoms with van der Waals surface area (Å²) in [7, 11) is 0. The van der Waals surface area contributed by atoms with Gasteiger partial charge >= 0.3 is 0 Å². The van der Waals surface area contributed by atoms with E-state index in [0.717, 1.165) is 16.8 Å². The fourth-order valence-electron chi connectivity index (χ4n) is 3.27. The Balaban J connectivity index is 1.79. The number of aromatic nitrogens is 2. The highest BCUT2D eigenvalue weighted by atomic mass is 16.2. The Bertz CT molecular complexity index is 799. The van der Waals surface area contributed by atoms with E-state index in [2.05, 4.69) is 34.3 Å². The second-order valence-electron chi connectivity index (χ2n) is 6.12. The topological polar surface area (TPSA) is 81.9 Å². The first-order chi connectivity index (χ1) is 11.5. The minimum Gasteiger partial charge on any atom is -0.357 e. The Kier molecular flexibility index (Phi) is 4.17. The van der Waals surface area contributed by atoms with Crippen LogP contribution in [-0.2, 0) is 4.79 Å². The molecule has 6 heteroatoms. The summed E-state index contributed by atoms with van der Waals surface area (Å²) >= 11 is 0. The summed E-state index contributed by atoms with van der Waals surface area (Å²) in [5, 5.41) is 11.9. The van der Waals surface area contributed by atoms with Gasteiger partial charge in [0.05, 0.1) is 12.4 Å². The molecule has 0 spiro atoms. The first kappa shape index (κ1) is 15.9. The van der Waals surface area contributed by atoms with E-state index in [0.29, 0.717) is 18.8 Å². The maximum atomic E-state index is 12.8. The van der Waals surface area contributed by atoms with Gasteiger partial charge in [-0.2, -0.15) is 5.26 Å². The summed E-state index contributed by atoms with van der Waals surface area (Å²) in [5.74, 6) is 0.544. The number of hydrogen-bond donors (Lipinski definition) is 1. The Morgan fingerprint density at radius 1 is 1.21 bits per heavy atom. The van der Waals surface area contributed by atoms with Gasteiger partial charge in [0.25, 0.3) is 0 Å². The Morgan fingerprint density at radius 2 is 1.92 bits per heavy atom. The van der Waals surface area contributed by atoms with E-state index in [9.17, 15) is 4.79 Å². The van der Waals surface area contributed by atoms with Gasteiger partial charge in [-0.1, -0.05) is 17.7 Å². The van der Waals surface area contributed by atoms with Crippen molar-refractivity contribution in [2.45, 2.75) is 33.2 Å². The zero-order chi connectivity index (χ0) is 17.3. The highest BCUT2D eigenvalue weighted by Crippen LogP contribution is 2.30. The molecule has 0 saturated carbocycles. The molecule has 1 saturated heterocycles. The molecular formula is C18H19N5O. The number of rotatable bonds is 3. The van der Waals surface area contributed by atoms with E-state index in [-0.39, 0.29) is 17.6 Å². The van der Waals surface area contributed by atoms with Crippen LogP contribution in [0, 0.1) is 32.1 Å². The van der Waals surface area contributed by atoms with Gasteiger partial charge in [0.2, 0.25) is 5.91 Å². The number of nitriles is 1. The Morgan fingerprint density at radius 3 is 2.50 bits per heavy atom. The van der Waals surface area contributed by atoms with Gasteiger partial charge in [-0.15, -0.1) is 0 Å². The number of aryl methyl sites for hydroxylation is 3. The smallest absolute Gasteiger partial charge is 0.249 e. The molecule has 1 aromatic heterocycles. The zero-order valence-electron chi connectivity index (χ0n) is 14.0. The quantitative estimate of drug-likeness (QED) is 0.939. The van der Waals surface area contributed by atoms with Crippen molar-refractivity contribution in [2.75, 3.05) is 16.8 Å². The first-order valence-electron chi connectivity index (χ1n) is 7.87. The van der Waals surface area contributed by atoms with Gasteiger partial charge in [-0.3, -0.25) is 4.79 Å². The lowest BCUT2D eigenvalue weighted by molar-refractivity contribution is -0.117. The molecule has 6 nitrogen and oxygen atoms in total. The number of hydrogen-bond acceptors (Lipinski definition) is 5. The van der Waals surface area contributed by atoms with E-state index < -0.39 is 0 Å². The highest BCUT2D eigenvalue weighted by Gasteiger charge is 2.34. The van der Waals surface area contributed by atoms with Crippen molar-refractivity contribution >= 4 is 17.4 Å². The summed E-state index contributed by atoms with van der Waals surface area (Å²) in [4.78, 5) is 22.7. The maximum Gasteiger partial charge on any atom is 0.249 e. The van der Waals surface area contributed by atoms with Gasteiger partial charge in [-0.05, 0) is 38.3 Å². The van der Waals surface area contributed by atoms with Crippen LogP contribution in [0.2, 0.25) is 0 Å². The number of benzene rings is 1. The van der Waals surface area contributed by atoms with Crippen LogP contribution in [0.1, 0.15) is 28.8 Å². The minimum atomic E-state index is -0.327. The van der Waals surface area contributed by atoms with Crippen molar-refractivity contribution in [3.8, 4) is 6.07 Å². The summed E-state index contributed by atoms with van der Waals surface area (Å²) < 4.78 is 0. The molecule has 122 valence electrons. The van der Waals surface area contributed by atoms with E-state index in [1.807, 2.05) is 24.8 Å². The molecule has 1 aromatic carbocycles. The van der Waals surface area contributed by atoms with Crippen LogP contribution in [0.25, 0.3) is 0 Å². The largest absolute Gasteiger partial charge is 0.357 e. The van der Waals surface area contributed by atoms with Gasteiger partial charge in [-0.25, -0.2) is 9.97 Å². The van der Waals surface area contributed by atoms with Crippen molar-refractivity contribution in [2.24, 2.45) is 0 Å². The summed E-state index contributed by atoms with van der Waals surface area (Å²) in [6.07, 6.45) is 3.58. The fraction of sp³-hybridized carbons (Fsp3) is 0.333. The molecule has 0 bridgehead atoms. The van der Waals surface area contributed by atoms with Crippen LogP contribution in [0.15, 0.2) is 24.5 Å². The van der Waals surface area contributed by atoms with Crippen LogP contribution < -0.4 is 10.2 Å². The third-order valence-corrected chi connectivity index (χ3v) is 4.20. The van der Waals surface area contributed by atoms with Crippen molar-refractivity contribution < 1.29 is 4.79 Å². The van der Waals surface area contributed by atoms with Crippen molar-refractivity contribution in [1.82, 2.24) is 9.97 Å². The first-order valence-corrected chi connectivity index (χ1v) is 7.87. The molecule has 1 N–H and O–H groups in total. The van der Waals surface area contributed by atoms with Crippen LogP contribution in [0.5, 0.6) is 0 Å². The number of carbonyl (C=O) groups is 1. The highest BCUT2D eigenvalue weighted by molar-refractivity contribution is 6.02. The Hall–Kier alpha value is -2.94. The third-order valence-electron chi connectivity index (χ3n) is 4.20. The van der Waals surface area contributed by atoms with Gasteiger partial charge in [0.1, 0.15) is 17.9 Å². The van der Waals surface area contributed by atoms with Gasteiger partial charge in [0, 0.05) is 12.2 Å². The molecule has 2 heterocycles. The summed E-state index contributed by atoms with van der Waals surface area (Å²) in [6.45, 7) is 6.80. The van der Waals surface area contributed by atoms with Crippen LogP contribution in [0.3, 0.4) is 0 Å². The SMILES string of the molecule is Cc1cc(C)c(N2CC[C@@H](Nc3cnc(C#N)cn3)C2=O)c(C)c1. The monoisotopic (exact) mass is 321 g/mol. The van der Waals surface area contributed by atoms with Crippen LogP contribution in [-0.4, -0.2) is 28.5 Å². The molecule has 1 aliphatic heterocycles. The minimum absolute atomic E-state index is 0.0382. The molecule has 0 radical (unpaired) electrons. The molecule has 3 rings (SSSR count). The lowest BCUT2D eigenvalue weighted by atomic mass is 10.0. The average Bonchev–Trinajstić information content (AvgIpc) is 2.88. The molecule has 1 amide bonds. The second-order valence-corrected chi connectivity index (χ2v) is 6.12. The maximum absolute atomic E-state index is 12.8. The summed E-state index contributed by atoms with van der Waals surface area (Å²) in [6, 6.07) is 5.80. The van der Waals surface area contributed by atoms with E-state index >= 15 is 0 Å². The number of anilines is 2. The predicted molar refractivity (Wildman–Crippen MR) is 91.8 cm³/mol. The standard InChI is InChI=1S/C18H19N5O/c1-11-6-12(2)17(13(3)7-11)23-5-4-15(18(23)24)22-16-10-20-14(8-19)9-21-16/h6-7,9-10,15H,4-5H2,1-3H3,(H,21,22)/t15-/m1/s1. The number of amides is 1. The van der Waals surface area contributed by atoms with Crippen molar-refractivity contribution in [3.63, 3.8) is 0 Å². The Labute approximate surface area is 141 Å². The molecular weight excluding hydrogens is 302 g/mol. The molecule has 1 atom stereocenters. The van der Waals surface area contributed by atoms with E-state index in [1.165, 1.54) is 18.0 Å². The van der Waals surface area contributed by atoms with Gasteiger partial charge < -0.3 is 10.2 Å².